The summed E-state index contributed by atoms with van der Waals surface area (Å²) in [6.07, 6.45) is -0.0245. The van der Waals surface area contributed by atoms with E-state index in [1.54, 1.807) is 0 Å². The molecule has 88 valence electrons. The molecule has 0 aliphatic carbocycles. The molecular formula is C15H16O2. The molecule has 1 atom stereocenters. The van der Waals surface area contributed by atoms with Gasteiger partial charge in [0.15, 0.2) is 0 Å². The second-order valence-electron chi connectivity index (χ2n) is 4.06. The van der Waals surface area contributed by atoms with Gasteiger partial charge in [-0.3, -0.25) is 0 Å². The van der Waals surface area contributed by atoms with Crippen molar-refractivity contribution in [3.05, 3.63) is 71.3 Å². The van der Waals surface area contributed by atoms with Gasteiger partial charge in [0, 0.05) is 0 Å². The van der Waals surface area contributed by atoms with Crippen LogP contribution in [0.2, 0.25) is 0 Å². The van der Waals surface area contributed by atoms with E-state index >= 15 is 0 Å². The SMILES string of the molecule is OC[C@H](O)c1ccccc1Cc1ccccc1. The third-order valence-corrected chi connectivity index (χ3v) is 2.82. The molecule has 0 saturated carbocycles. The molecule has 0 aliphatic rings. The van der Waals surface area contributed by atoms with E-state index in [1.165, 1.54) is 5.56 Å². The minimum Gasteiger partial charge on any atom is -0.393 e. The zero-order chi connectivity index (χ0) is 12.1. The second-order valence-corrected chi connectivity index (χ2v) is 4.06. The molecule has 0 heterocycles. The molecule has 2 aromatic carbocycles. The first kappa shape index (κ1) is 11.8. The summed E-state index contributed by atoms with van der Waals surface area (Å²) in [5, 5.41) is 18.8. The number of aliphatic hydroxyl groups excluding tert-OH is 2. The van der Waals surface area contributed by atoms with Gasteiger partial charge in [0.2, 0.25) is 0 Å². The van der Waals surface area contributed by atoms with Gasteiger partial charge < -0.3 is 10.2 Å². The summed E-state index contributed by atoms with van der Waals surface area (Å²) in [5.41, 5.74) is 3.06. The Labute approximate surface area is 101 Å². The quantitative estimate of drug-likeness (QED) is 0.843. The smallest absolute Gasteiger partial charge is 0.102 e. The Morgan fingerprint density at radius 2 is 1.53 bits per heavy atom. The number of hydrogen-bond donors (Lipinski definition) is 2. The van der Waals surface area contributed by atoms with E-state index in [1.807, 2.05) is 42.5 Å². The molecule has 2 rings (SSSR count). The van der Waals surface area contributed by atoms with E-state index in [0.717, 1.165) is 17.5 Å². The van der Waals surface area contributed by atoms with Crippen molar-refractivity contribution >= 4 is 0 Å². The van der Waals surface area contributed by atoms with Crippen molar-refractivity contribution in [2.75, 3.05) is 6.61 Å². The summed E-state index contributed by atoms with van der Waals surface area (Å²) in [7, 11) is 0. The molecule has 0 radical (unpaired) electrons. The fourth-order valence-electron chi connectivity index (χ4n) is 1.93. The lowest BCUT2D eigenvalue weighted by Crippen LogP contribution is -2.06. The van der Waals surface area contributed by atoms with E-state index in [0.29, 0.717) is 0 Å². The first-order valence-corrected chi connectivity index (χ1v) is 5.72. The molecule has 17 heavy (non-hydrogen) atoms. The highest BCUT2D eigenvalue weighted by molar-refractivity contribution is 5.34. The maximum atomic E-state index is 9.74. The molecular weight excluding hydrogens is 212 g/mol. The van der Waals surface area contributed by atoms with Gasteiger partial charge in [0.25, 0.3) is 0 Å². The molecule has 0 bridgehead atoms. The molecule has 0 unspecified atom stereocenters. The average molecular weight is 228 g/mol. The van der Waals surface area contributed by atoms with Crippen LogP contribution in [0.15, 0.2) is 54.6 Å². The van der Waals surface area contributed by atoms with Gasteiger partial charge >= 0.3 is 0 Å². The van der Waals surface area contributed by atoms with Crippen LogP contribution in [-0.2, 0) is 6.42 Å². The molecule has 2 N–H and O–H groups in total. The molecule has 0 aromatic heterocycles. The molecule has 0 saturated heterocycles. The molecule has 2 aromatic rings. The first-order chi connectivity index (χ1) is 8.31. The topological polar surface area (TPSA) is 40.5 Å². The van der Waals surface area contributed by atoms with E-state index < -0.39 is 6.10 Å². The third-order valence-electron chi connectivity index (χ3n) is 2.82. The zero-order valence-corrected chi connectivity index (χ0v) is 9.58. The molecule has 0 spiro atoms. The van der Waals surface area contributed by atoms with Gasteiger partial charge in [0.1, 0.15) is 6.10 Å². The van der Waals surface area contributed by atoms with Crippen LogP contribution in [0.1, 0.15) is 22.8 Å². The van der Waals surface area contributed by atoms with Crippen LogP contribution in [0, 0.1) is 0 Å². The van der Waals surface area contributed by atoms with Crippen molar-refractivity contribution < 1.29 is 10.2 Å². The number of hydrogen-bond acceptors (Lipinski definition) is 2. The normalized spacial score (nSPS) is 12.4. The lowest BCUT2D eigenvalue weighted by Gasteiger charge is -2.13. The van der Waals surface area contributed by atoms with Crippen molar-refractivity contribution in [3.8, 4) is 0 Å². The van der Waals surface area contributed by atoms with E-state index in [2.05, 4.69) is 12.1 Å². The summed E-state index contributed by atoms with van der Waals surface area (Å²) < 4.78 is 0. The minimum absolute atomic E-state index is 0.244. The van der Waals surface area contributed by atoms with E-state index in [4.69, 9.17) is 5.11 Å². The third kappa shape index (κ3) is 2.93. The first-order valence-electron chi connectivity index (χ1n) is 5.72. The molecule has 2 heteroatoms. The zero-order valence-electron chi connectivity index (χ0n) is 9.58. The Morgan fingerprint density at radius 3 is 2.24 bits per heavy atom. The lowest BCUT2D eigenvalue weighted by molar-refractivity contribution is 0.0950. The fraction of sp³-hybridized carbons (Fsp3) is 0.200. The minimum atomic E-state index is -0.796. The van der Waals surface area contributed by atoms with Gasteiger partial charge in [0.05, 0.1) is 6.61 Å². The fourth-order valence-corrected chi connectivity index (χ4v) is 1.93. The van der Waals surface area contributed by atoms with Crippen LogP contribution >= 0.6 is 0 Å². The predicted molar refractivity (Wildman–Crippen MR) is 67.7 cm³/mol. The van der Waals surface area contributed by atoms with Crippen molar-refractivity contribution in [2.45, 2.75) is 12.5 Å². The molecule has 0 fully saturated rings. The van der Waals surface area contributed by atoms with Crippen molar-refractivity contribution in [3.63, 3.8) is 0 Å². The van der Waals surface area contributed by atoms with Crippen LogP contribution in [0.5, 0.6) is 0 Å². The van der Waals surface area contributed by atoms with Crippen LogP contribution in [0.3, 0.4) is 0 Å². The summed E-state index contributed by atoms with van der Waals surface area (Å²) in [6.45, 7) is -0.244. The van der Waals surface area contributed by atoms with Crippen molar-refractivity contribution in [2.24, 2.45) is 0 Å². The van der Waals surface area contributed by atoms with Crippen LogP contribution in [-0.4, -0.2) is 16.8 Å². The average Bonchev–Trinajstić information content (AvgIpc) is 2.40. The summed E-state index contributed by atoms with van der Waals surface area (Å²) in [4.78, 5) is 0. The summed E-state index contributed by atoms with van der Waals surface area (Å²) in [5.74, 6) is 0. The Morgan fingerprint density at radius 1 is 0.882 bits per heavy atom. The number of rotatable bonds is 4. The Bertz CT molecular complexity index is 465. The highest BCUT2D eigenvalue weighted by atomic mass is 16.3. The number of aliphatic hydroxyl groups is 2. The van der Waals surface area contributed by atoms with Gasteiger partial charge in [-0.15, -0.1) is 0 Å². The second kappa shape index (κ2) is 5.62. The standard InChI is InChI=1S/C15H16O2/c16-11-15(17)14-9-5-4-8-13(14)10-12-6-2-1-3-7-12/h1-9,15-17H,10-11H2/t15-/m0/s1. The maximum absolute atomic E-state index is 9.74. The lowest BCUT2D eigenvalue weighted by atomic mass is 9.97. The summed E-state index contributed by atoms with van der Waals surface area (Å²) >= 11 is 0. The van der Waals surface area contributed by atoms with Gasteiger partial charge in [-0.25, -0.2) is 0 Å². The molecule has 2 nitrogen and oxygen atoms in total. The highest BCUT2D eigenvalue weighted by Gasteiger charge is 2.10. The van der Waals surface area contributed by atoms with Crippen LogP contribution < -0.4 is 0 Å². The predicted octanol–water partition coefficient (Wildman–Crippen LogP) is 2.30. The van der Waals surface area contributed by atoms with Gasteiger partial charge in [-0.1, -0.05) is 54.6 Å². The highest BCUT2D eigenvalue weighted by Crippen LogP contribution is 2.20. The van der Waals surface area contributed by atoms with E-state index in [9.17, 15) is 5.11 Å². The Hall–Kier alpha value is -1.64. The van der Waals surface area contributed by atoms with Crippen molar-refractivity contribution in [1.29, 1.82) is 0 Å². The van der Waals surface area contributed by atoms with Gasteiger partial charge in [-0.05, 0) is 23.1 Å². The molecule has 0 amide bonds. The Balaban J connectivity index is 2.27. The number of benzene rings is 2. The van der Waals surface area contributed by atoms with Crippen LogP contribution in [0.4, 0.5) is 0 Å². The van der Waals surface area contributed by atoms with Crippen LogP contribution in [0.25, 0.3) is 0 Å². The Kier molecular flexibility index (Phi) is 3.91. The largest absolute Gasteiger partial charge is 0.393 e. The van der Waals surface area contributed by atoms with Crippen molar-refractivity contribution in [1.82, 2.24) is 0 Å². The molecule has 0 aliphatic heterocycles. The summed E-state index contributed by atoms with van der Waals surface area (Å²) in [6, 6.07) is 17.8. The monoisotopic (exact) mass is 228 g/mol. The van der Waals surface area contributed by atoms with Gasteiger partial charge in [-0.2, -0.15) is 0 Å². The maximum Gasteiger partial charge on any atom is 0.102 e. The van der Waals surface area contributed by atoms with E-state index in [-0.39, 0.29) is 6.61 Å².